The Balaban J connectivity index is 1.70. The highest BCUT2D eigenvalue weighted by molar-refractivity contribution is 5.62. The molecule has 4 aliphatic rings. The highest BCUT2D eigenvalue weighted by atomic mass is 16.5. The van der Waals surface area contributed by atoms with E-state index in [1.54, 1.807) is 17.0 Å². The quantitative estimate of drug-likeness (QED) is 0.799. The topological polar surface area (TPSA) is 41.9 Å². The van der Waals surface area contributed by atoms with E-state index in [-0.39, 0.29) is 17.7 Å². The Kier molecular flexibility index (Phi) is 1.54. The maximum Gasteiger partial charge on any atom is 0.165 e. The molecule has 5 rings (SSSR count). The molecule has 4 heteroatoms. The molecule has 116 valence electrons. The highest BCUT2D eigenvalue weighted by Gasteiger charge is 2.64. The molecule has 5 atom stereocenters. The van der Waals surface area contributed by atoms with Crippen LogP contribution in [0.1, 0.15) is 25.8 Å². The van der Waals surface area contributed by atoms with Gasteiger partial charge in [0.2, 0.25) is 0 Å². The third kappa shape index (κ3) is 1.28. The fourth-order valence-electron chi connectivity index (χ4n) is 5.13. The molecule has 0 amide bonds. The molecule has 0 radical (unpaired) electrons. The van der Waals surface area contributed by atoms with Crippen LogP contribution in [-0.4, -0.2) is 48.8 Å². The standard InChI is InChI=1S/C18H21NO3/c1-19-8-7-18-11-4-5-13(20)17(18)22-16-14(21-2)6-3-10(15(16)18)9-12(11)19/h3-6,11-13,17,20H,7-9H2,1-2H3/t11-,12-,13-,17-,18-/m0/s1/i1D3,2D3. The van der Waals surface area contributed by atoms with Crippen molar-refractivity contribution in [2.24, 2.45) is 5.92 Å². The van der Waals surface area contributed by atoms with Gasteiger partial charge in [-0.05, 0) is 38.0 Å². The van der Waals surface area contributed by atoms with Gasteiger partial charge in [-0.1, -0.05) is 18.2 Å². The molecule has 2 bridgehead atoms. The lowest BCUT2D eigenvalue weighted by Crippen LogP contribution is -2.64. The molecular formula is C18H21NO3. The molecule has 4 nitrogen and oxygen atoms in total. The molecule has 0 saturated carbocycles. The third-order valence-corrected chi connectivity index (χ3v) is 5.97. The number of rotatable bonds is 1. The Labute approximate surface area is 138 Å². The van der Waals surface area contributed by atoms with Crippen LogP contribution in [0.5, 0.6) is 11.5 Å². The third-order valence-electron chi connectivity index (χ3n) is 5.97. The van der Waals surface area contributed by atoms with Crippen molar-refractivity contribution in [2.75, 3.05) is 20.6 Å². The SMILES string of the molecule is [2H]C([2H])([2H])Oc1ccc2c3c1O[C@H]1[C@@H](O)C=C[C@H]4[C@H](C2)N(C([2H])([2H])[2H])CC[C@@]341. The van der Waals surface area contributed by atoms with Gasteiger partial charge in [0.05, 0.1) is 11.2 Å². The maximum absolute atomic E-state index is 10.7. The predicted molar refractivity (Wildman–Crippen MR) is 82.5 cm³/mol. The summed E-state index contributed by atoms with van der Waals surface area (Å²) in [5, 5.41) is 10.7. The van der Waals surface area contributed by atoms with Gasteiger partial charge in [0, 0.05) is 27.1 Å². The Morgan fingerprint density at radius 3 is 3.27 bits per heavy atom. The van der Waals surface area contributed by atoms with Crippen LogP contribution in [0.25, 0.3) is 0 Å². The Morgan fingerprint density at radius 2 is 2.41 bits per heavy atom. The zero-order valence-electron chi connectivity index (χ0n) is 18.0. The summed E-state index contributed by atoms with van der Waals surface area (Å²) in [5.41, 5.74) is 1.25. The minimum absolute atomic E-state index is 0.133. The number of piperidine rings is 1. The van der Waals surface area contributed by atoms with Crippen LogP contribution in [0.3, 0.4) is 0 Å². The van der Waals surface area contributed by atoms with Crippen molar-refractivity contribution in [1.82, 2.24) is 4.90 Å². The van der Waals surface area contributed by atoms with E-state index in [9.17, 15) is 5.11 Å². The highest BCUT2D eigenvalue weighted by Crippen LogP contribution is 2.62. The van der Waals surface area contributed by atoms with Crippen molar-refractivity contribution in [3.8, 4) is 11.5 Å². The average Bonchev–Trinajstić information content (AvgIpc) is 2.90. The first-order chi connectivity index (χ1) is 13.0. The summed E-state index contributed by atoms with van der Waals surface area (Å²) in [5.74, 6) is 0.393. The number of likely N-dealkylation sites (tertiary alicyclic amines) is 1. The first-order valence-electron chi connectivity index (χ1n) is 10.7. The van der Waals surface area contributed by atoms with Crippen molar-refractivity contribution in [1.29, 1.82) is 0 Å². The summed E-state index contributed by atoms with van der Waals surface area (Å²) in [6.07, 6.45) is 3.19. The lowest BCUT2D eigenvalue weighted by molar-refractivity contribution is -0.0453. The van der Waals surface area contributed by atoms with Gasteiger partial charge in [-0.15, -0.1) is 0 Å². The fraction of sp³-hybridized carbons (Fsp3) is 0.556. The van der Waals surface area contributed by atoms with Crippen LogP contribution in [0.4, 0.5) is 0 Å². The molecule has 2 aliphatic carbocycles. The van der Waals surface area contributed by atoms with Crippen LogP contribution in [-0.2, 0) is 11.8 Å². The number of hydrogen-bond donors (Lipinski definition) is 1. The molecular weight excluding hydrogens is 278 g/mol. The zero-order chi connectivity index (χ0) is 20.1. The Bertz CT molecular complexity index is 866. The van der Waals surface area contributed by atoms with Crippen LogP contribution in [0.15, 0.2) is 24.3 Å². The first kappa shape index (κ1) is 8.37. The molecule has 1 spiro atoms. The molecule has 1 aromatic rings. The number of methoxy groups -OCH3 is 1. The number of aliphatic hydroxyl groups excluding tert-OH is 1. The van der Waals surface area contributed by atoms with E-state index in [1.165, 1.54) is 0 Å². The average molecular weight is 305 g/mol. The van der Waals surface area contributed by atoms with Gasteiger partial charge in [0.15, 0.2) is 11.5 Å². The van der Waals surface area contributed by atoms with Crippen molar-refractivity contribution >= 4 is 0 Å². The van der Waals surface area contributed by atoms with Gasteiger partial charge in [-0.3, -0.25) is 0 Å². The van der Waals surface area contributed by atoms with E-state index in [2.05, 4.69) is 0 Å². The van der Waals surface area contributed by atoms with Gasteiger partial charge in [-0.2, -0.15) is 0 Å². The van der Waals surface area contributed by atoms with E-state index in [0.29, 0.717) is 25.1 Å². The van der Waals surface area contributed by atoms with Crippen molar-refractivity contribution in [3.05, 3.63) is 35.4 Å². The minimum atomic E-state index is -2.61. The molecule has 1 saturated heterocycles. The molecule has 2 aliphatic heterocycles. The van der Waals surface area contributed by atoms with Crippen LogP contribution >= 0.6 is 0 Å². The van der Waals surface area contributed by atoms with Crippen LogP contribution in [0.2, 0.25) is 0 Å². The molecule has 0 aromatic heterocycles. The minimum Gasteiger partial charge on any atom is -0.493 e. The fourth-order valence-corrected chi connectivity index (χ4v) is 5.13. The van der Waals surface area contributed by atoms with E-state index < -0.39 is 31.6 Å². The lowest BCUT2D eigenvalue weighted by Gasteiger charge is -2.56. The summed E-state index contributed by atoms with van der Waals surface area (Å²) >= 11 is 0. The summed E-state index contributed by atoms with van der Waals surface area (Å²) in [4.78, 5) is 1.58. The second-order valence-corrected chi connectivity index (χ2v) is 6.72. The zero-order valence-corrected chi connectivity index (χ0v) is 12.0. The number of nitrogens with zero attached hydrogens (tertiary/aromatic N) is 1. The van der Waals surface area contributed by atoms with Gasteiger partial charge in [0.1, 0.15) is 12.2 Å². The normalized spacial score (nSPS) is 46.2. The van der Waals surface area contributed by atoms with E-state index in [0.717, 1.165) is 11.1 Å². The first-order valence-corrected chi connectivity index (χ1v) is 7.67. The molecule has 1 N–H and O–H groups in total. The number of likely N-dealkylation sites (N-methyl/N-ethyl adjacent to an activating group) is 1. The molecule has 0 unspecified atom stereocenters. The number of hydrogen-bond acceptors (Lipinski definition) is 4. The molecule has 2 heterocycles. The molecule has 1 fully saturated rings. The van der Waals surface area contributed by atoms with E-state index in [1.807, 2.05) is 12.1 Å². The van der Waals surface area contributed by atoms with Gasteiger partial charge >= 0.3 is 0 Å². The summed E-state index contributed by atoms with van der Waals surface area (Å²) in [6.45, 7) is -1.84. The Morgan fingerprint density at radius 1 is 1.45 bits per heavy atom. The number of benzene rings is 1. The van der Waals surface area contributed by atoms with Crippen molar-refractivity contribution in [2.45, 2.75) is 36.5 Å². The summed E-state index contributed by atoms with van der Waals surface area (Å²) in [7, 11) is -2.61. The number of ether oxygens (including phenoxy) is 2. The van der Waals surface area contributed by atoms with E-state index >= 15 is 0 Å². The van der Waals surface area contributed by atoms with Gasteiger partial charge in [-0.25, -0.2) is 0 Å². The van der Waals surface area contributed by atoms with E-state index in [4.69, 9.17) is 17.7 Å². The van der Waals surface area contributed by atoms with Crippen LogP contribution in [0, 0.1) is 5.92 Å². The maximum atomic E-state index is 10.7. The smallest absolute Gasteiger partial charge is 0.165 e. The largest absolute Gasteiger partial charge is 0.493 e. The monoisotopic (exact) mass is 305 g/mol. The van der Waals surface area contributed by atoms with Crippen molar-refractivity contribution in [3.63, 3.8) is 0 Å². The van der Waals surface area contributed by atoms with Gasteiger partial charge < -0.3 is 19.5 Å². The molecule has 1 aromatic carbocycles. The lowest BCUT2D eigenvalue weighted by atomic mass is 9.53. The summed E-state index contributed by atoms with van der Waals surface area (Å²) in [6, 6.07) is 3.15. The van der Waals surface area contributed by atoms with Crippen LogP contribution < -0.4 is 9.47 Å². The molecule has 22 heavy (non-hydrogen) atoms. The second-order valence-electron chi connectivity index (χ2n) is 6.72. The summed E-state index contributed by atoms with van der Waals surface area (Å²) < 4.78 is 57.5. The van der Waals surface area contributed by atoms with Crippen molar-refractivity contribution < 1.29 is 22.8 Å². The Hall–Kier alpha value is -1.52. The predicted octanol–water partition coefficient (Wildman–Crippen LogP) is 1.50. The van der Waals surface area contributed by atoms with Gasteiger partial charge in [0.25, 0.3) is 0 Å². The second kappa shape index (κ2) is 4.06. The number of aliphatic hydroxyl groups is 1.